The number of nitrogens with one attached hydrogen (secondary N) is 1. The number of amides is 1. The molecule has 1 amide bonds. The van der Waals surface area contributed by atoms with E-state index >= 15 is 0 Å². The summed E-state index contributed by atoms with van der Waals surface area (Å²) in [5, 5.41) is 14.8. The Morgan fingerprint density at radius 3 is 2.63 bits per heavy atom. The molecule has 0 aliphatic carbocycles. The van der Waals surface area contributed by atoms with Crippen LogP contribution in [0, 0.1) is 0 Å². The smallest absolute Gasteiger partial charge is 0.329 e. The lowest BCUT2D eigenvalue weighted by molar-refractivity contribution is -0.143. The van der Waals surface area contributed by atoms with Crippen LogP contribution in [0.25, 0.3) is 10.4 Å². The summed E-state index contributed by atoms with van der Waals surface area (Å²) in [4.78, 5) is 37.4. The number of Topliss-reactive ketones (excluding diaryl/α,β-unsaturated/α-hetero) is 1. The number of benzene rings is 1. The Hall–Kier alpha value is -3.14. The third-order valence-corrected chi connectivity index (χ3v) is 4.91. The molecule has 0 saturated heterocycles. The van der Waals surface area contributed by atoms with E-state index in [2.05, 4.69) is 22.3 Å². The van der Waals surface area contributed by atoms with Crippen molar-refractivity contribution in [1.29, 1.82) is 0 Å². The monoisotopic (exact) mass is 492 g/mol. The lowest BCUT2D eigenvalue weighted by Gasteiger charge is -2.14. The highest BCUT2D eigenvalue weighted by Gasteiger charge is 2.11. The number of carbonyl (C=O) groups is 3. The maximum absolute atomic E-state index is 12.4. The summed E-state index contributed by atoms with van der Waals surface area (Å²) in [5.41, 5.74) is 9.07. The van der Waals surface area contributed by atoms with Gasteiger partial charge in [-0.1, -0.05) is 43.8 Å². The fourth-order valence-corrected chi connectivity index (χ4v) is 3.11. The van der Waals surface area contributed by atoms with E-state index in [1.165, 1.54) is 19.3 Å². The lowest BCUT2D eigenvalue weighted by atomic mass is 10.1. The lowest BCUT2D eigenvalue weighted by Crippen LogP contribution is -2.25. The van der Waals surface area contributed by atoms with Crippen molar-refractivity contribution in [2.24, 2.45) is 5.11 Å². The summed E-state index contributed by atoms with van der Waals surface area (Å²) in [7, 11) is 0. The van der Waals surface area contributed by atoms with Crippen LogP contribution in [0.2, 0.25) is 0 Å². The molecular weight excluding hydrogens is 456 g/mol. The molecule has 0 aliphatic rings. The molecule has 0 bridgehead atoms. The van der Waals surface area contributed by atoms with Crippen LogP contribution in [-0.2, 0) is 19.1 Å². The number of carbonyl (C=O) groups excluding carboxylic acids is 2. The molecule has 0 spiro atoms. The zero-order valence-corrected chi connectivity index (χ0v) is 20.3. The van der Waals surface area contributed by atoms with Crippen molar-refractivity contribution in [1.82, 2.24) is 5.32 Å². The zero-order chi connectivity index (χ0) is 25.7. The number of ketones is 1. The van der Waals surface area contributed by atoms with E-state index in [1.54, 1.807) is 24.3 Å². The van der Waals surface area contributed by atoms with Gasteiger partial charge in [0, 0.05) is 29.9 Å². The SMILES string of the molecule is CCCCCCCC(=O)CCCNC(=O)c1cccc(OCC(N=[N+]=[N-])OCCOCC(=O)O)c1. The van der Waals surface area contributed by atoms with Crippen molar-refractivity contribution in [2.45, 2.75) is 64.5 Å². The molecule has 0 radical (unpaired) electrons. The number of ether oxygens (including phenoxy) is 3. The third-order valence-electron chi connectivity index (χ3n) is 4.91. The van der Waals surface area contributed by atoms with Gasteiger partial charge in [-0.15, -0.1) is 0 Å². The Morgan fingerprint density at radius 2 is 1.89 bits per heavy atom. The topological polar surface area (TPSA) is 160 Å². The van der Waals surface area contributed by atoms with Crippen LogP contribution in [0.1, 0.15) is 68.6 Å². The van der Waals surface area contributed by atoms with Crippen LogP contribution >= 0.6 is 0 Å². The molecule has 0 heterocycles. The Kier molecular flexibility index (Phi) is 16.4. The molecule has 194 valence electrons. The van der Waals surface area contributed by atoms with Crippen LogP contribution < -0.4 is 10.1 Å². The molecule has 0 aliphatic heterocycles. The Labute approximate surface area is 205 Å². The maximum atomic E-state index is 12.4. The Morgan fingerprint density at radius 1 is 1.11 bits per heavy atom. The Balaban J connectivity index is 2.35. The van der Waals surface area contributed by atoms with Gasteiger partial charge in [0.1, 0.15) is 24.7 Å². The van der Waals surface area contributed by atoms with Crippen molar-refractivity contribution < 1.29 is 33.7 Å². The molecule has 11 heteroatoms. The number of hydrogen-bond acceptors (Lipinski definition) is 7. The van der Waals surface area contributed by atoms with Crippen LogP contribution in [0.5, 0.6) is 5.75 Å². The molecule has 0 fully saturated rings. The fraction of sp³-hybridized carbons (Fsp3) is 0.625. The number of nitrogens with zero attached hydrogens (tertiary/aromatic N) is 3. The molecule has 1 unspecified atom stereocenters. The van der Waals surface area contributed by atoms with Gasteiger partial charge in [-0.2, -0.15) is 0 Å². The molecule has 0 saturated carbocycles. The predicted octanol–water partition coefficient (Wildman–Crippen LogP) is 4.26. The van der Waals surface area contributed by atoms with Crippen LogP contribution in [0.3, 0.4) is 0 Å². The Bertz CT molecular complexity index is 828. The van der Waals surface area contributed by atoms with Crippen LogP contribution in [0.15, 0.2) is 29.4 Å². The summed E-state index contributed by atoms with van der Waals surface area (Å²) in [6.45, 7) is 2.05. The average molecular weight is 493 g/mol. The van der Waals surface area contributed by atoms with Gasteiger partial charge in [0.25, 0.3) is 5.91 Å². The maximum Gasteiger partial charge on any atom is 0.329 e. The normalized spacial score (nSPS) is 11.3. The molecule has 2 N–H and O–H groups in total. The minimum absolute atomic E-state index is 0.0178. The summed E-state index contributed by atoms with van der Waals surface area (Å²) < 4.78 is 15.7. The van der Waals surface area contributed by atoms with Crippen LogP contribution in [0.4, 0.5) is 0 Å². The molecule has 11 nitrogen and oxygen atoms in total. The third kappa shape index (κ3) is 15.4. The van der Waals surface area contributed by atoms with Gasteiger partial charge in [0.2, 0.25) is 0 Å². The second-order valence-electron chi connectivity index (χ2n) is 7.88. The second kappa shape index (κ2) is 19.2. The highest BCUT2D eigenvalue weighted by atomic mass is 16.6. The number of carboxylic acids is 1. The predicted molar refractivity (Wildman–Crippen MR) is 129 cm³/mol. The van der Waals surface area contributed by atoms with Gasteiger partial charge >= 0.3 is 5.97 Å². The van der Waals surface area contributed by atoms with Gasteiger partial charge in [-0.05, 0) is 36.6 Å². The van der Waals surface area contributed by atoms with E-state index in [4.69, 9.17) is 24.8 Å². The molecule has 0 aromatic heterocycles. The standard InChI is InChI=1S/C24H36N4O7/c1-2-3-4-5-6-10-20(29)11-8-13-26-24(32)19-9-7-12-21(16-19)35-17-22(27-28-25)34-15-14-33-18-23(30)31/h7,9,12,16,22H,2-6,8,10-11,13-15,17-18H2,1H3,(H,26,32)(H,30,31). The van der Waals surface area contributed by atoms with E-state index in [1.807, 2.05) is 0 Å². The van der Waals surface area contributed by atoms with Gasteiger partial charge in [0.05, 0.1) is 13.2 Å². The molecule has 35 heavy (non-hydrogen) atoms. The number of aliphatic carboxylic acids is 1. The van der Waals surface area contributed by atoms with Crippen molar-refractivity contribution in [2.75, 3.05) is 33.0 Å². The summed E-state index contributed by atoms with van der Waals surface area (Å²) >= 11 is 0. The zero-order valence-electron chi connectivity index (χ0n) is 20.3. The first-order valence-corrected chi connectivity index (χ1v) is 11.9. The summed E-state index contributed by atoms with van der Waals surface area (Å²) in [6.07, 6.45) is 6.29. The van der Waals surface area contributed by atoms with Gasteiger partial charge in [-0.25, -0.2) is 4.79 Å². The van der Waals surface area contributed by atoms with E-state index in [0.717, 1.165) is 12.8 Å². The molecule has 1 rings (SSSR count). The van der Waals surface area contributed by atoms with Crippen molar-refractivity contribution in [3.63, 3.8) is 0 Å². The highest BCUT2D eigenvalue weighted by Crippen LogP contribution is 2.14. The van der Waals surface area contributed by atoms with Gasteiger partial charge < -0.3 is 24.6 Å². The van der Waals surface area contributed by atoms with E-state index in [-0.39, 0.29) is 31.5 Å². The number of hydrogen-bond donors (Lipinski definition) is 2. The second-order valence-corrected chi connectivity index (χ2v) is 7.88. The van der Waals surface area contributed by atoms with Crippen LogP contribution in [-0.4, -0.2) is 62.0 Å². The minimum Gasteiger partial charge on any atom is -0.491 e. The number of rotatable bonds is 21. The fourth-order valence-electron chi connectivity index (χ4n) is 3.11. The first-order valence-electron chi connectivity index (χ1n) is 11.9. The van der Waals surface area contributed by atoms with Gasteiger partial charge in [0.15, 0.2) is 6.23 Å². The molecule has 1 atom stereocenters. The highest BCUT2D eigenvalue weighted by molar-refractivity contribution is 5.94. The van der Waals surface area contributed by atoms with Crippen molar-refractivity contribution >= 4 is 17.7 Å². The van der Waals surface area contributed by atoms with Gasteiger partial charge in [-0.3, -0.25) is 9.59 Å². The molecule has 1 aromatic rings. The van der Waals surface area contributed by atoms with Crippen molar-refractivity contribution in [3.8, 4) is 5.75 Å². The molecule has 1 aromatic carbocycles. The summed E-state index contributed by atoms with van der Waals surface area (Å²) in [5.74, 6) is -0.748. The molecular formula is C24H36N4O7. The quantitative estimate of drug-likeness (QED) is 0.112. The van der Waals surface area contributed by atoms with E-state index in [9.17, 15) is 14.4 Å². The van der Waals surface area contributed by atoms with Crippen molar-refractivity contribution in [3.05, 3.63) is 40.3 Å². The first-order chi connectivity index (χ1) is 17.0. The number of carboxylic acid groups (broad SMARTS) is 1. The number of unbranched alkanes of at least 4 members (excludes halogenated alkanes) is 4. The van der Waals surface area contributed by atoms with E-state index in [0.29, 0.717) is 37.1 Å². The average Bonchev–Trinajstić information content (AvgIpc) is 2.84. The summed E-state index contributed by atoms with van der Waals surface area (Å²) in [6, 6.07) is 6.51. The number of azide groups is 1. The minimum atomic E-state index is -1.09. The van der Waals surface area contributed by atoms with E-state index < -0.39 is 18.8 Å². The first kappa shape index (κ1) is 29.9. The largest absolute Gasteiger partial charge is 0.491 e.